The van der Waals surface area contributed by atoms with E-state index in [0.29, 0.717) is 16.7 Å². The van der Waals surface area contributed by atoms with Crippen LogP contribution < -0.4 is 0 Å². The second-order valence-corrected chi connectivity index (χ2v) is 7.43. The lowest BCUT2D eigenvalue weighted by Crippen LogP contribution is -2.07. The number of hydrogen-bond donors (Lipinski definition) is 0. The molecule has 0 aliphatic rings. The number of furan rings is 1. The zero-order valence-electron chi connectivity index (χ0n) is 15.6. The summed E-state index contributed by atoms with van der Waals surface area (Å²) >= 11 is 1.38. The molecule has 0 radical (unpaired) electrons. The maximum atomic E-state index is 12.8. The lowest BCUT2D eigenvalue weighted by Gasteiger charge is -2.09. The number of nitrogens with zero attached hydrogens (tertiary/aromatic N) is 3. The number of carbonyl (C=O) groups is 1. The summed E-state index contributed by atoms with van der Waals surface area (Å²) < 4.78 is 7.44. The third-order valence-electron chi connectivity index (χ3n) is 4.42. The summed E-state index contributed by atoms with van der Waals surface area (Å²) in [6, 6.07) is 19.4. The minimum absolute atomic E-state index is 0.0772. The van der Waals surface area contributed by atoms with Crippen LogP contribution in [0.25, 0.3) is 17.3 Å². The Bertz CT molecular complexity index is 1100. The fourth-order valence-corrected chi connectivity index (χ4v) is 3.82. The Morgan fingerprint density at radius 3 is 2.61 bits per heavy atom. The van der Waals surface area contributed by atoms with Crippen LogP contribution in [0.1, 0.15) is 21.5 Å². The van der Waals surface area contributed by atoms with Gasteiger partial charge in [0.1, 0.15) is 0 Å². The van der Waals surface area contributed by atoms with Crippen LogP contribution in [0.5, 0.6) is 0 Å². The molecule has 5 nitrogen and oxygen atoms in total. The number of hydrogen-bond acceptors (Lipinski definition) is 5. The van der Waals surface area contributed by atoms with Crippen molar-refractivity contribution in [3.05, 3.63) is 83.6 Å². The van der Waals surface area contributed by atoms with E-state index in [-0.39, 0.29) is 11.5 Å². The standard InChI is InChI=1S/C22H19N3O2S/c1-15-10-11-16(2)18(13-15)19(26)14-28-22-24-23-21(20-9-6-12-27-20)25(22)17-7-4-3-5-8-17/h3-13H,14H2,1-2H3. The first-order chi connectivity index (χ1) is 13.6. The van der Waals surface area contributed by atoms with Gasteiger partial charge in [0.2, 0.25) is 5.82 Å². The third-order valence-corrected chi connectivity index (χ3v) is 5.34. The van der Waals surface area contributed by atoms with Crippen molar-refractivity contribution in [1.82, 2.24) is 14.8 Å². The van der Waals surface area contributed by atoms with Crippen LogP contribution in [0.3, 0.4) is 0 Å². The summed E-state index contributed by atoms with van der Waals surface area (Å²) in [6.45, 7) is 3.95. The highest BCUT2D eigenvalue weighted by molar-refractivity contribution is 7.99. The molecular weight excluding hydrogens is 370 g/mol. The van der Waals surface area contributed by atoms with Gasteiger partial charge in [-0.1, -0.05) is 47.7 Å². The van der Waals surface area contributed by atoms with Crippen molar-refractivity contribution >= 4 is 17.5 Å². The second-order valence-electron chi connectivity index (χ2n) is 6.48. The minimum atomic E-state index is 0.0772. The Hall–Kier alpha value is -3.12. The molecule has 0 aliphatic heterocycles. The van der Waals surface area contributed by atoms with Crippen molar-refractivity contribution in [3.8, 4) is 17.3 Å². The zero-order valence-corrected chi connectivity index (χ0v) is 16.4. The molecule has 4 aromatic rings. The van der Waals surface area contributed by atoms with Crippen LogP contribution >= 0.6 is 11.8 Å². The lowest BCUT2D eigenvalue weighted by atomic mass is 10.0. The fraction of sp³-hybridized carbons (Fsp3) is 0.136. The van der Waals surface area contributed by atoms with Gasteiger partial charge in [-0.05, 0) is 49.7 Å². The van der Waals surface area contributed by atoms with E-state index in [1.165, 1.54) is 11.8 Å². The summed E-state index contributed by atoms with van der Waals surface area (Å²) in [5.74, 6) is 1.60. The summed E-state index contributed by atoms with van der Waals surface area (Å²) in [5.41, 5.74) is 3.73. The van der Waals surface area contributed by atoms with Crippen LogP contribution in [0.15, 0.2) is 76.5 Å². The van der Waals surface area contributed by atoms with Gasteiger partial charge in [-0.3, -0.25) is 9.36 Å². The topological polar surface area (TPSA) is 60.9 Å². The van der Waals surface area contributed by atoms with E-state index in [0.717, 1.165) is 22.4 Å². The zero-order chi connectivity index (χ0) is 19.5. The first kappa shape index (κ1) is 18.3. The number of benzene rings is 2. The van der Waals surface area contributed by atoms with Crippen molar-refractivity contribution in [3.63, 3.8) is 0 Å². The van der Waals surface area contributed by atoms with Gasteiger partial charge in [0, 0.05) is 11.3 Å². The highest BCUT2D eigenvalue weighted by atomic mass is 32.2. The summed E-state index contributed by atoms with van der Waals surface area (Å²) in [7, 11) is 0. The SMILES string of the molecule is Cc1ccc(C)c(C(=O)CSc2nnc(-c3ccco3)n2-c2ccccc2)c1. The normalized spacial score (nSPS) is 10.9. The highest BCUT2D eigenvalue weighted by Gasteiger charge is 2.19. The summed E-state index contributed by atoms with van der Waals surface area (Å²) in [6.07, 6.45) is 1.61. The predicted molar refractivity (Wildman–Crippen MR) is 110 cm³/mol. The van der Waals surface area contributed by atoms with Crippen LogP contribution in [0, 0.1) is 13.8 Å². The van der Waals surface area contributed by atoms with Crippen LogP contribution in [0.2, 0.25) is 0 Å². The molecule has 0 bridgehead atoms. The van der Waals surface area contributed by atoms with Crippen LogP contribution in [0.4, 0.5) is 0 Å². The maximum Gasteiger partial charge on any atom is 0.205 e. The Balaban J connectivity index is 1.65. The molecule has 0 N–H and O–H groups in total. The van der Waals surface area contributed by atoms with Gasteiger partial charge in [-0.25, -0.2) is 0 Å². The first-order valence-electron chi connectivity index (χ1n) is 8.91. The molecule has 0 amide bonds. The Morgan fingerprint density at radius 2 is 1.86 bits per heavy atom. The lowest BCUT2D eigenvalue weighted by molar-refractivity contribution is 0.102. The van der Waals surface area contributed by atoms with E-state index in [1.807, 2.05) is 79.1 Å². The van der Waals surface area contributed by atoms with Gasteiger partial charge in [0.15, 0.2) is 16.7 Å². The number of aromatic nitrogens is 3. The predicted octanol–water partition coefficient (Wildman–Crippen LogP) is 5.12. The average molecular weight is 389 g/mol. The van der Waals surface area contributed by atoms with E-state index in [2.05, 4.69) is 10.2 Å². The molecule has 0 unspecified atom stereocenters. The van der Waals surface area contributed by atoms with Crippen LogP contribution in [-0.2, 0) is 0 Å². The molecule has 0 saturated heterocycles. The molecule has 0 fully saturated rings. The number of thioether (sulfide) groups is 1. The van der Waals surface area contributed by atoms with E-state index < -0.39 is 0 Å². The van der Waals surface area contributed by atoms with E-state index in [9.17, 15) is 4.79 Å². The van der Waals surface area contributed by atoms with E-state index in [4.69, 9.17) is 4.42 Å². The van der Waals surface area contributed by atoms with Gasteiger partial charge >= 0.3 is 0 Å². The molecule has 0 aliphatic carbocycles. The molecule has 0 atom stereocenters. The molecule has 140 valence electrons. The van der Waals surface area contributed by atoms with Crippen molar-refractivity contribution in [1.29, 1.82) is 0 Å². The second kappa shape index (κ2) is 7.86. The number of rotatable bonds is 6. The van der Waals surface area contributed by atoms with Crippen LogP contribution in [-0.4, -0.2) is 26.3 Å². The smallest absolute Gasteiger partial charge is 0.205 e. The molecule has 4 rings (SSSR count). The number of Topliss-reactive ketones (excluding diaryl/α,β-unsaturated/α-hetero) is 1. The summed E-state index contributed by atoms with van der Waals surface area (Å²) in [5, 5.41) is 9.27. The number of aryl methyl sites for hydroxylation is 2. The van der Waals surface area contributed by atoms with Gasteiger partial charge in [-0.15, -0.1) is 10.2 Å². The Labute approximate surface area is 167 Å². The third kappa shape index (κ3) is 3.64. The average Bonchev–Trinajstić information content (AvgIpc) is 3.38. The molecule has 0 spiro atoms. The van der Waals surface area contributed by atoms with E-state index >= 15 is 0 Å². The van der Waals surface area contributed by atoms with Gasteiger partial charge in [-0.2, -0.15) is 0 Å². The molecule has 2 heterocycles. The van der Waals surface area contributed by atoms with Crippen molar-refractivity contribution in [2.75, 3.05) is 5.75 Å². The fourth-order valence-electron chi connectivity index (χ4n) is 2.98. The molecule has 0 saturated carbocycles. The molecule has 28 heavy (non-hydrogen) atoms. The quantitative estimate of drug-likeness (QED) is 0.338. The van der Waals surface area contributed by atoms with Crippen molar-refractivity contribution in [2.24, 2.45) is 0 Å². The largest absolute Gasteiger partial charge is 0.461 e. The molecule has 2 aromatic carbocycles. The molecule has 2 aromatic heterocycles. The van der Waals surface area contributed by atoms with Crippen molar-refractivity contribution in [2.45, 2.75) is 19.0 Å². The summed E-state index contributed by atoms with van der Waals surface area (Å²) in [4.78, 5) is 12.8. The number of para-hydroxylation sites is 1. The Morgan fingerprint density at radius 1 is 1.04 bits per heavy atom. The molecular formula is C22H19N3O2S. The van der Waals surface area contributed by atoms with Gasteiger partial charge in [0.05, 0.1) is 12.0 Å². The molecule has 6 heteroatoms. The number of carbonyl (C=O) groups excluding carboxylic acids is 1. The number of ketones is 1. The van der Waals surface area contributed by atoms with Gasteiger partial charge < -0.3 is 4.42 Å². The highest BCUT2D eigenvalue weighted by Crippen LogP contribution is 2.28. The maximum absolute atomic E-state index is 12.8. The monoisotopic (exact) mass is 389 g/mol. The Kier molecular flexibility index (Phi) is 5.12. The van der Waals surface area contributed by atoms with Gasteiger partial charge in [0.25, 0.3) is 0 Å². The van der Waals surface area contributed by atoms with E-state index in [1.54, 1.807) is 6.26 Å². The first-order valence-corrected chi connectivity index (χ1v) is 9.90. The minimum Gasteiger partial charge on any atom is -0.461 e. The van der Waals surface area contributed by atoms with Crippen molar-refractivity contribution < 1.29 is 9.21 Å².